The van der Waals surface area contributed by atoms with Crippen LogP contribution in [0, 0.1) is 0 Å². The summed E-state index contributed by atoms with van der Waals surface area (Å²) >= 11 is 0. The Morgan fingerprint density at radius 2 is 1.97 bits per heavy atom. The molecule has 0 saturated carbocycles. The summed E-state index contributed by atoms with van der Waals surface area (Å²) in [5.74, 6) is 0.0528. The number of aromatic amines is 1. The maximum atomic E-state index is 12.9. The summed E-state index contributed by atoms with van der Waals surface area (Å²) in [7, 11) is 1.60. The zero-order valence-corrected chi connectivity index (χ0v) is 17.2. The molecule has 31 heavy (non-hydrogen) atoms. The highest BCUT2D eigenvalue weighted by molar-refractivity contribution is 6.21. The number of benzene rings is 1. The van der Waals surface area contributed by atoms with Crippen molar-refractivity contribution in [2.75, 3.05) is 20.3 Å². The Morgan fingerprint density at radius 3 is 2.65 bits per heavy atom. The van der Waals surface area contributed by atoms with Gasteiger partial charge < -0.3 is 19.2 Å². The summed E-state index contributed by atoms with van der Waals surface area (Å²) in [5, 5.41) is 0.806. The molecule has 0 aliphatic carbocycles. The van der Waals surface area contributed by atoms with E-state index in [1.54, 1.807) is 43.6 Å². The van der Waals surface area contributed by atoms with Crippen molar-refractivity contribution in [2.45, 2.75) is 31.7 Å². The highest BCUT2D eigenvalue weighted by Gasteiger charge is 2.38. The summed E-state index contributed by atoms with van der Waals surface area (Å²) in [6.07, 6.45) is 3.44. The molecule has 2 unspecified atom stereocenters. The molecule has 8 heteroatoms. The lowest BCUT2D eigenvalue weighted by molar-refractivity contribution is -0.191. The third-order valence-electron chi connectivity index (χ3n) is 5.76. The molecule has 1 N–H and O–H groups in total. The molecule has 1 saturated heterocycles. The molecule has 2 amide bonds. The predicted octanol–water partition coefficient (Wildman–Crippen LogP) is 3.45. The van der Waals surface area contributed by atoms with Crippen LogP contribution in [0.4, 0.5) is 0 Å². The van der Waals surface area contributed by atoms with E-state index in [0.29, 0.717) is 34.8 Å². The van der Waals surface area contributed by atoms with Gasteiger partial charge in [0, 0.05) is 18.5 Å². The first kappa shape index (κ1) is 19.7. The van der Waals surface area contributed by atoms with Gasteiger partial charge in [0.15, 0.2) is 6.29 Å². The van der Waals surface area contributed by atoms with Crippen LogP contribution in [0.15, 0.2) is 42.6 Å². The number of hydrogen-bond donors (Lipinski definition) is 1. The molecule has 0 bridgehead atoms. The van der Waals surface area contributed by atoms with Crippen molar-refractivity contribution in [1.29, 1.82) is 0 Å². The van der Waals surface area contributed by atoms with Gasteiger partial charge >= 0.3 is 0 Å². The van der Waals surface area contributed by atoms with Crippen LogP contribution in [0.3, 0.4) is 0 Å². The minimum Gasteiger partial charge on any atom is -0.496 e. The molecule has 4 heterocycles. The fraction of sp³-hybridized carbons (Fsp3) is 0.348. The number of methoxy groups -OCH3 is 1. The van der Waals surface area contributed by atoms with E-state index in [4.69, 9.17) is 14.2 Å². The molecule has 2 aliphatic heterocycles. The van der Waals surface area contributed by atoms with E-state index in [9.17, 15) is 9.59 Å². The van der Waals surface area contributed by atoms with Gasteiger partial charge in [-0.15, -0.1) is 0 Å². The van der Waals surface area contributed by atoms with Gasteiger partial charge in [-0.05, 0) is 43.5 Å². The Kier molecular flexibility index (Phi) is 5.17. The second-order valence-corrected chi connectivity index (χ2v) is 7.69. The number of nitrogens with zero attached hydrogens (tertiary/aromatic N) is 2. The normalized spacial score (nSPS) is 19.6. The lowest BCUT2D eigenvalue weighted by atomic mass is 10.1. The molecule has 1 fully saturated rings. The number of ether oxygens (including phenoxy) is 3. The molecular formula is C23H23N3O5. The second-order valence-electron chi connectivity index (χ2n) is 7.69. The average molecular weight is 421 g/mol. The minimum absolute atomic E-state index is 0.0708. The van der Waals surface area contributed by atoms with E-state index in [1.165, 1.54) is 4.90 Å². The summed E-state index contributed by atoms with van der Waals surface area (Å²) in [6.45, 7) is 0.702. The fourth-order valence-electron chi connectivity index (χ4n) is 4.16. The van der Waals surface area contributed by atoms with Gasteiger partial charge in [0.05, 0.1) is 30.2 Å². The van der Waals surface area contributed by atoms with Crippen molar-refractivity contribution >= 4 is 22.8 Å². The van der Waals surface area contributed by atoms with Crippen LogP contribution in [-0.2, 0) is 9.47 Å². The second kappa shape index (κ2) is 8.13. The smallest absolute Gasteiger partial charge is 0.261 e. The third-order valence-corrected chi connectivity index (χ3v) is 5.76. The monoisotopic (exact) mass is 421 g/mol. The van der Waals surface area contributed by atoms with Crippen molar-refractivity contribution in [3.05, 3.63) is 59.4 Å². The van der Waals surface area contributed by atoms with Crippen molar-refractivity contribution < 1.29 is 23.8 Å². The predicted molar refractivity (Wildman–Crippen MR) is 112 cm³/mol. The molecule has 8 nitrogen and oxygen atoms in total. The minimum atomic E-state index is -0.593. The first-order valence-electron chi connectivity index (χ1n) is 10.4. The lowest BCUT2D eigenvalue weighted by Crippen LogP contribution is -2.36. The Labute approximate surface area is 179 Å². The van der Waals surface area contributed by atoms with Gasteiger partial charge in [0.25, 0.3) is 11.8 Å². The summed E-state index contributed by atoms with van der Waals surface area (Å²) in [6, 6.07) is 10.5. The highest BCUT2D eigenvalue weighted by atomic mass is 16.7. The molecule has 5 rings (SSSR count). The molecule has 2 atom stereocenters. The van der Waals surface area contributed by atoms with E-state index in [1.807, 2.05) is 6.07 Å². The van der Waals surface area contributed by atoms with Gasteiger partial charge in [-0.25, -0.2) is 4.98 Å². The van der Waals surface area contributed by atoms with E-state index in [-0.39, 0.29) is 18.4 Å². The number of carbonyl (C=O) groups is 2. The molecule has 0 spiro atoms. The largest absolute Gasteiger partial charge is 0.496 e. The van der Waals surface area contributed by atoms with Crippen molar-refractivity contribution in [2.24, 2.45) is 0 Å². The zero-order valence-electron chi connectivity index (χ0n) is 17.2. The van der Waals surface area contributed by atoms with Gasteiger partial charge in [-0.1, -0.05) is 12.1 Å². The van der Waals surface area contributed by atoms with Crippen molar-refractivity contribution in [1.82, 2.24) is 14.9 Å². The molecule has 3 aromatic rings. The first-order chi connectivity index (χ1) is 15.2. The van der Waals surface area contributed by atoms with Crippen LogP contribution in [0.25, 0.3) is 11.0 Å². The maximum absolute atomic E-state index is 12.9. The van der Waals surface area contributed by atoms with Crippen LogP contribution in [0.5, 0.6) is 5.75 Å². The summed E-state index contributed by atoms with van der Waals surface area (Å²) in [5.41, 5.74) is 2.19. The van der Waals surface area contributed by atoms with Crippen LogP contribution in [0.2, 0.25) is 0 Å². The van der Waals surface area contributed by atoms with Gasteiger partial charge in [0.2, 0.25) is 0 Å². The van der Waals surface area contributed by atoms with E-state index in [2.05, 4.69) is 9.97 Å². The zero-order chi connectivity index (χ0) is 21.4. The summed E-state index contributed by atoms with van der Waals surface area (Å²) in [4.78, 5) is 34.7. The number of imide groups is 1. The molecule has 2 aliphatic rings. The lowest BCUT2D eigenvalue weighted by Gasteiger charge is -2.29. The number of carbonyl (C=O) groups excluding carboxylic acids is 2. The number of fused-ring (bicyclic) bond motifs is 2. The van der Waals surface area contributed by atoms with Crippen LogP contribution in [-0.4, -0.2) is 53.2 Å². The van der Waals surface area contributed by atoms with E-state index < -0.39 is 12.4 Å². The van der Waals surface area contributed by atoms with Gasteiger partial charge in [-0.3, -0.25) is 14.5 Å². The maximum Gasteiger partial charge on any atom is 0.261 e. The molecule has 160 valence electrons. The van der Waals surface area contributed by atoms with Crippen LogP contribution >= 0.6 is 0 Å². The number of H-pyrrole nitrogens is 1. The van der Waals surface area contributed by atoms with Crippen LogP contribution < -0.4 is 4.74 Å². The Balaban J connectivity index is 1.48. The van der Waals surface area contributed by atoms with Crippen LogP contribution in [0.1, 0.15) is 51.8 Å². The Bertz CT molecular complexity index is 1100. The number of pyridine rings is 1. The number of aromatic nitrogens is 2. The third kappa shape index (κ3) is 3.58. The Hall–Kier alpha value is -3.23. The first-order valence-corrected chi connectivity index (χ1v) is 10.4. The van der Waals surface area contributed by atoms with E-state index >= 15 is 0 Å². The summed E-state index contributed by atoms with van der Waals surface area (Å²) < 4.78 is 17.5. The number of rotatable bonds is 6. The average Bonchev–Trinajstić information content (AvgIpc) is 3.35. The topological polar surface area (TPSA) is 93.8 Å². The molecular weight excluding hydrogens is 398 g/mol. The van der Waals surface area contributed by atoms with Gasteiger partial charge in [0.1, 0.15) is 17.5 Å². The van der Waals surface area contributed by atoms with Crippen molar-refractivity contribution in [3.8, 4) is 5.75 Å². The van der Waals surface area contributed by atoms with Crippen molar-refractivity contribution in [3.63, 3.8) is 0 Å². The van der Waals surface area contributed by atoms with Gasteiger partial charge in [-0.2, -0.15) is 0 Å². The quantitative estimate of drug-likeness (QED) is 0.613. The number of hydrogen-bond acceptors (Lipinski definition) is 6. The molecule has 1 aromatic carbocycles. The fourth-order valence-corrected chi connectivity index (χ4v) is 4.16. The number of nitrogens with one attached hydrogen (secondary N) is 1. The molecule has 0 radical (unpaired) electrons. The number of amides is 2. The van der Waals surface area contributed by atoms with E-state index in [0.717, 1.165) is 24.6 Å². The Morgan fingerprint density at radius 1 is 1.19 bits per heavy atom. The highest BCUT2D eigenvalue weighted by Crippen LogP contribution is 2.32. The standard InChI is InChI=1S/C23H23N3O5/c1-29-18-9-10-24-21-16(18)12-17(25-21)19(31-20-8-4-5-11-30-20)13-26-22(27)14-6-2-3-7-15(14)23(26)28/h2-3,6-7,9-10,12,19-20H,4-5,8,11,13H2,1H3,(H,24,25). The molecule has 2 aromatic heterocycles. The SMILES string of the molecule is COc1ccnc2[nH]c(C(CN3C(=O)c4ccccc4C3=O)OC3CCCCO3)cc12.